The van der Waals surface area contributed by atoms with Gasteiger partial charge in [0.2, 0.25) is 0 Å². The van der Waals surface area contributed by atoms with Crippen LogP contribution in [0.4, 0.5) is 14.0 Å². The number of amides is 2. The molecule has 2 heterocycles. The molecular formula is C27H35FN2O5. The van der Waals surface area contributed by atoms with Gasteiger partial charge in [-0.05, 0) is 57.0 Å². The van der Waals surface area contributed by atoms with Crippen molar-refractivity contribution in [1.82, 2.24) is 9.80 Å². The minimum atomic E-state index is -0.643. The molecule has 2 amide bonds. The summed E-state index contributed by atoms with van der Waals surface area (Å²) in [6.45, 7) is 10.3. The van der Waals surface area contributed by atoms with Crippen molar-refractivity contribution in [3.8, 4) is 5.75 Å². The van der Waals surface area contributed by atoms with Crippen molar-refractivity contribution in [2.45, 2.75) is 71.4 Å². The van der Waals surface area contributed by atoms with Crippen molar-refractivity contribution in [3.05, 3.63) is 66.0 Å². The molecule has 2 aromatic rings. The average molecular weight is 487 g/mol. The molecule has 0 aliphatic carbocycles. The van der Waals surface area contributed by atoms with Gasteiger partial charge < -0.3 is 14.2 Å². The predicted octanol–water partition coefficient (Wildman–Crippen LogP) is 5.63. The maximum atomic E-state index is 13.3. The molecule has 1 unspecified atom stereocenters. The molecule has 0 radical (unpaired) electrons. The molecule has 0 saturated carbocycles. The summed E-state index contributed by atoms with van der Waals surface area (Å²) < 4.78 is 30.6. The summed E-state index contributed by atoms with van der Waals surface area (Å²) in [7, 11) is 0. The highest BCUT2D eigenvalue weighted by atomic mass is 19.1. The average Bonchev–Trinajstić information content (AvgIpc) is 3.41. The lowest BCUT2D eigenvalue weighted by Crippen LogP contribution is -2.47. The first-order valence-electron chi connectivity index (χ1n) is 12.1. The van der Waals surface area contributed by atoms with Crippen molar-refractivity contribution in [2.24, 2.45) is 0 Å². The van der Waals surface area contributed by atoms with Crippen LogP contribution in [0.5, 0.6) is 5.75 Å². The van der Waals surface area contributed by atoms with Crippen molar-refractivity contribution >= 4 is 12.2 Å². The second-order valence-corrected chi connectivity index (χ2v) is 9.32. The van der Waals surface area contributed by atoms with E-state index in [1.807, 2.05) is 65.0 Å². The summed E-state index contributed by atoms with van der Waals surface area (Å²) in [4.78, 5) is 29.1. The van der Waals surface area contributed by atoms with Crippen molar-refractivity contribution in [2.75, 3.05) is 13.1 Å². The second kappa shape index (κ2) is 11.4. The summed E-state index contributed by atoms with van der Waals surface area (Å²) in [5.41, 5.74) is 0.248. The van der Waals surface area contributed by atoms with E-state index in [1.54, 1.807) is 9.80 Å². The predicted molar refractivity (Wildman–Crippen MR) is 131 cm³/mol. The summed E-state index contributed by atoms with van der Waals surface area (Å²) in [5.74, 6) is 0.102. The third kappa shape index (κ3) is 6.65. The Bertz CT molecular complexity index is 977. The first kappa shape index (κ1) is 26.3. The maximum Gasteiger partial charge on any atom is 0.410 e. The molecule has 2 aromatic carbocycles. The molecule has 8 heteroatoms. The molecule has 3 atom stereocenters. The number of ether oxygens (including phenoxy) is 3. The number of carbonyl (C=O) groups excluding carboxylic acids is 2. The molecular weight excluding hydrogens is 451 g/mol. The lowest BCUT2D eigenvalue weighted by molar-refractivity contribution is 0.0212. The van der Waals surface area contributed by atoms with Crippen molar-refractivity contribution < 1.29 is 28.2 Å². The Labute approximate surface area is 206 Å². The summed E-state index contributed by atoms with van der Waals surface area (Å²) in [6.07, 6.45) is -0.805. The highest BCUT2D eigenvalue weighted by Gasteiger charge is 2.54. The number of carbonyl (C=O) groups is 2. The van der Waals surface area contributed by atoms with E-state index in [4.69, 9.17) is 14.2 Å². The second-order valence-electron chi connectivity index (χ2n) is 9.32. The lowest BCUT2D eigenvalue weighted by Gasteiger charge is -2.28. The fraction of sp³-hybridized carbons (Fsp3) is 0.481. The molecule has 2 aliphatic rings. The maximum absolute atomic E-state index is 13.3. The number of nitrogens with zero attached hydrogens (tertiary/aromatic N) is 2. The quantitative estimate of drug-likeness (QED) is 0.560. The van der Waals surface area contributed by atoms with Crippen LogP contribution in [-0.2, 0) is 16.1 Å². The standard InChI is InChI=1S/C25H29FN2O5.C2H6/c1-25(2,3)33-24(30)28-15-21(32-19-11-9-18(26)10-12-19)22-20(28)13-14-27(22)23(29)31-16-17-7-5-4-6-8-17;1-2/h4-12,20-22H,13-16H2,1-3H3;1-2H3/t20-,21+,22?;/m1./s1. The van der Waals surface area contributed by atoms with Crippen LogP contribution in [0, 0.1) is 5.82 Å². The van der Waals surface area contributed by atoms with Gasteiger partial charge in [0.25, 0.3) is 0 Å². The zero-order valence-electron chi connectivity index (χ0n) is 21.1. The Kier molecular flexibility index (Phi) is 8.59. The number of hydrogen-bond donors (Lipinski definition) is 0. The highest BCUT2D eigenvalue weighted by molar-refractivity contribution is 5.72. The van der Waals surface area contributed by atoms with Crippen LogP contribution in [0.1, 0.15) is 46.6 Å². The monoisotopic (exact) mass is 486 g/mol. The molecule has 0 aromatic heterocycles. The van der Waals surface area contributed by atoms with Crippen LogP contribution in [-0.4, -0.2) is 58.9 Å². The molecule has 190 valence electrons. The van der Waals surface area contributed by atoms with E-state index in [-0.39, 0.29) is 25.0 Å². The minimum Gasteiger partial charge on any atom is -0.486 e. The van der Waals surface area contributed by atoms with Gasteiger partial charge in [0.05, 0.1) is 18.6 Å². The van der Waals surface area contributed by atoms with Gasteiger partial charge in [-0.3, -0.25) is 9.80 Å². The molecule has 0 spiro atoms. The third-order valence-electron chi connectivity index (χ3n) is 5.75. The molecule has 0 N–H and O–H groups in total. The van der Waals surface area contributed by atoms with Gasteiger partial charge in [0.15, 0.2) is 0 Å². The zero-order valence-corrected chi connectivity index (χ0v) is 21.1. The smallest absolute Gasteiger partial charge is 0.410 e. The Morgan fingerprint density at radius 1 is 0.971 bits per heavy atom. The Hall–Kier alpha value is -3.29. The zero-order chi connectivity index (χ0) is 25.6. The number of fused-ring (bicyclic) bond motifs is 1. The van der Waals surface area contributed by atoms with Gasteiger partial charge in [-0.25, -0.2) is 14.0 Å². The summed E-state index contributed by atoms with van der Waals surface area (Å²) in [6, 6.07) is 14.5. The highest BCUT2D eigenvalue weighted by Crippen LogP contribution is 2.35. The summed E-state index contributed by atoms with van der Waals surface area (Å²) in [5, 5.41) is 0. The lowest BCUT2D eigenvalue weighted by atomic mass is 10.1. The van der Waals surface area contributed by atoms with Gasteiger partial charge in [-0.15, -0.1) is 0 Å². The fourth-order valence-corrected chi connectivity index (χ4v) is 4.37. The first-order valence-corrected chi connectivity index (χ1v) is 12.1. The molecule has 35 heavy (non-hydrogen) atoms. The van der Waals surface area contributed by atoms with Crippen LogP contribution in [0.25, 0.3) is 0 Å². The number of likely N-dealkylation sites (tertiary alicyclic amines) is 2. The largest absolute Gasteiger partial charge is 0.486 e. The van der Waals surface area contributed by atoms with Gasteiger partial charge in [-0.2, -0.15) is 0 Å². The minimum absolute atomic E-state index is 0.160. The third-order valence-corrected chi connectivity index (χ3v) is 5.75. The summed E-state index contributed by atoms with van der Waals surface area (Å²) >= 11 is 0. The van der Waals surface area contributed by atoms with Crippen LogP contribution < -0.4 is 4.74 Å². The van der Waals surface area contributed by atoms with Crippen LogP contribution in [0.15, 0.2) is 54.6 Å². The van der Waals surface area contributed by atoms with Gasteiger partial charge >= 0.3 is 12.2 Å². The molecule has 2 aliphatic heterocycles. The van der Waals surface area contributed by atoms with Crippen LogP contribution in [0.3, 0.4) is 0 Å². The van der Waals surface area contributed by atoms with E-state index in [2.05, 4.69) is 0 Å². The Balaban J connectivity index is 0.00000167. The first-order chi connectivity index (χ1) is 16.7. The molecule has 2 fully saturated rings. The van der Waals surface area contributed by atoms with E-state index in [9.17, 15) is 14.0 Å². The molecule has 0 bridgehead atoms. The SMILES string of the molecule is CC.CC(C)(C)OC(=O)N1C[C@H](Oc2ccc(F)cc2)C2[C@H]1CCN2C(=O)OCc1ccccc1. The topological polar surface area (TPSA) is 68.3 Å². The van der Waals surface area contributed by atoms with E-state index >= 15 is 0 Å². The normalized spacial score (nSPS) is 21.0. The van der Waals surface area contributed by atoms with Crippen LogP contribution in [0.2, 0.25) is 0 Å². The number of halogens is 1. The van der Waals surface area contributed by atoms with E-state index in [0.717, 1.165) is 5.56 Å². The van der Waals surface area contributed by atoms with E-state index < -0.39 is 29.9 Å². The van der Waals surface area contributed by atoms with Crippen LogP contribution >= 0.6 is 0 Å². The fourth-order valence-electron chi connectivity index (χ4n) is 4.37. The van der Waals surface area contributed by atoms with Gasteiger partial charge in [0, 0.05) is 6.54 Å². The van der Waals surface area contributed by atoms with Gasteiger partial charge in [0.1, 0.15) is 29.9 Å². The number of hydrogen-bond acceptors (Lipinski definition) is 5. The van der Waals surface area contributed by atoms with Crippen molar-refractivity contribution in [3.63, 3.8) is 0 Å². The molecule has 2 saturated heterocycles. The van der Waals surface area contributed by atoms with E-state index in [1.165, 1.54) is 24.3 Å². The van der Waals surface area contributed by atoms with Gasteiger partial charge in [-0.1, -0.05) is 44.2 Å². The molecule has 4 rings (SSSR count). The number of benzene rings is 2. The number of rotatable bonds is 4. The van der Waals surface area contributed by atoms with Crippen molar-refractivity contribution in [1.29, 1.82) is 0 Å². The van der Waals surface area contributed by atoms with E-state index in [0.29, 0.717) is 18.7 Å². The Morgan fingerprint density at radius 3 is 2.26 bits per heavy atom. The molecule has 7 nitrogen and oxygen atoms in total. The Morgan fingerprint density at radius 2 is 1.63 bits per heavy atom.